The minimum atomic E-state index is -1.09. The molecule has 0 saturated heterocycles. The van der Waals surface area contributed by atoms with Gasteiger partial charge in [-0.15, -0.1) is 0 Å². The van der Waals surface area contributed by atoms with Crippen molar-refractivity contribution in [2.75, 3.05) is 6.61 Å². The van der Waals surface area contributed by atoms with Gasteiger partial charge in [-0.2, -0.15) is 5.26 Å². The maximum absolute atomic E-state index is 12.3. The number of nitriles is 1. The summed E-state index contributed by atoms with van der Waals surface area (Å²) in [6.07, 6.45) is 6.65. The van der Waals surface area contributed by atoms with Crippen LogP contribution in [0.1, 0.15) is 37.7 Å². The number of benzene rings is 1. The Balaban J connectivity index is 2.13. The van der Waals surface area contributed by atoms with E-state index in [4.69, 9.17) is 9.84 Å². The molecule has 6 nitrogen and oxygen atoms in total. The number of hydrogen-bond acceptors (Lipinski definition) is 4. The molecule has 0 radical (unpaired) electrons. The maximum atomic E-state index is 12.3. The molecule has 1 aliphatic rings. The number of hydrogen-bond donors (Lipinski definition) is 2. The molecule has 2 rings (SSSR count). The lowest BCUT2D eigenvalue weighted by Crippen LogP contribution is -2.36. The van der Waals surface area contributed by atoms with E-state index in [9.17, 15) is 14.9 Å². The quantitative estimate of drug-likeness (QED) is 0.617. The highest BCUT2D eigenvalue weighted by molar-refractivity contribution is 6.02. The highest BCUT2D eigenvalue weighted by Gasteiger charge is 2.18. The van der Waals surface area contributed by atoms with Gasteiger partial charge in [0.05, 0.1) is 0 Å². The van der Waals surface area contributed by atoms with Crippen LogP contribution in [0.2, 0.25) is 0 Å². The zero-order chi connectivity index (χ0) is 17.4. The summed E-state index contributed by atoms with van der Waals surface area (Å²) in [4.78, 5) is 22.9. The number of rotatable bonds is 6. The number of amides is 1. The van der Waals surface area contributed by atoms with E-state index in [-0.39, 0.29) is 11.6 Å². The van der Waals surface area contributed by atoms with Gasteiger partial charge in [0.15, 0.2) is 6.61 Å². The molecule has 2 N–H and O–H groups in total. The average molecular weight is 328 g/mol. The Morgan fingerprint density at radius 2 is 2.00 bits per heavy atom. The van der Waals surface area contributed by atoms with Crippen LogP contribution in [0.3, 0.4) is 0 Å². The van der Waals surface area contributed by atoms with Gasteiger partial charge in [-0.25, -0.2) is 4.79 Å². The third-order valence-corrected chi connectivity index (χ3v) is 3.88. The predicted molar refractivity (Wildman–Crippen MR) is 88.2 cm³/mol. The molecular weight excluding hydrogens is 308 g/mol. The Morgan fingerprint density at radius 3 is 2.67 bits per heavy atom. The second-order valence-electron chi connectivity index (χ2n) is 5.70. The molecule has 24 heavy (non-hydrogen) atoms. The summed E-state index contributed by atoms with van der Waals surface area (Å²) in [5.74, 6) is -1.18. The lowest BCUT2D eigenvalue weighted by molar-refractivity contribution is -0.139. The maximum Gasteiger partial charge on any atom is 0.341 e. The van der Waals surface area contributed by atoms with Crippen molar-refractivity contribution in [2.24, 2.45) is 0 Å². The van der Waals surface area contributed by atoms with Crippen LogP contribution in [0.25, 0.3) is 6.08 Å². The molecule has 0 spiro atoms. The van der Waals surface area contributed by atoms with E-state index in [1.54, 1.807) is 24.3 Å². The van der Waals surface area contributed by atoms with Gasteiger partial charge >= 0.3 is 5.97 Å². The van der Waals surface area contributed by atoms with Gasteiger partial charge in [-0.05, 0) is 25.0 Å². The van der Waals surface area contributed by atoms with Crippen LogP contribution in [0.4, 0.5) is 0 Å². The minimum absolute atomic E-state index is 0.0213. The van der Waals surface area contributed by atoms with Gasteiger partial charge < -0.3 is 15.2 Å². The van der Waals surface area contributed by atoms with Crippen molar-refractivity contribution in [2.45, 2.75) is 38.1 Å². The highest BCUT2D eigenvalue weighted by atomic mass is 16.5. The predicted octanol–water partition coefficient (Wildman–Crippen LogP) is 2.51. The lowest BCUT2D eigenvalue weighted by atomic mass is 9.95. The van der Waals surface area contributed by atoms with E-state index < -0.39 is 18.5 Å². The number of aliphatic carboxylic acids is 1. The smallest absolute Gasteiger partial charge is 0.341 e. The third-order valence-electron chi connectivity index (χ3n) is 3.88. The monoisotopic (exact) mass is 328 g/mol. The van der Waals surface area contributed by atoms with Crippen molar-refractivity contribution in [1.29, 1.82) is 5.26 Å². The summed E-state index contributed by atoms with van der Waals surface area (Å²) >= 11 is 0. The van der Waals surface area contributed by atoms with Crippen LogP contribution >= 0.6 is 0 Å². The summed E-state index contributed by atoms with van der Waals surface area (Å²) in [5, 5.41) is 20.9. The van der Waals surface area contributed by atoms with Crippen molar-refractivity contribution in [1.82, 2.24) is 5.32 Å². The van der Waals surface area contributed by atoms with Gasteiger partial charge in [0.25, 0.3) is 5.91 Å². The summed E-state index contributed by atoms with van der Waals surface area (Å²) in [7, 11) is 0. The van der Waals surface area contributed by atoms with Crippen molar-refractivity contribution < 1.29 is 19.4 Å². The Labute approximate surface area is 140 Å². The van der Waals surface area contributed by atoms with E-state index in [2.05, 4.69) is 5.32 Å². The molecule has 6 heteroatoms. The van der Waals surface area contributed by atoms with Gasteiger partial charge in [0.1, 0.15) is 17.4 Å². The number of ether oxygens (including phenoxy) is 1. The Kier molecular flexibility index (Phi) is 6.38. The fourth-order valence-corrected chi connectivity index (χ4v) is 2.68. The van der Waals surface area contributed by atoms with Crippen molar-refractivity contribution in [3.8, 4) is 11.8 Å². The van der Waals surface area contributed by atoms with Gasteiger partial charge in [0.2, 0.25) is 0 Å². The molecule has 1 aliphatic carbocycles. The molecule has 126 valence electrons. The first kappa shape index (κ1) is 17.5. The lowest BCUT2D eigenvalue weighted by Gasteiger charge is -2.22. The summed E-state index contributed by atoms with van der Waals surface area (Å²) in [5.41, 5.74) is 0.473. The van der Waals surface area contributed by atoms with E-state index in [1.165, 1.54) is 12.5 Å². The van der Waals surface area contributed by atoms with Crippen molar-refractivity contribution >= 4 is 18.0 Å². The second kappa shape index (κ2) is 8.73. The molecule has 0 bridgehead atoms. The van der Waals surface area contributed by atoms with E-state index in [0.717, 1.165) is 25.7 Å². The van der Waals surface area contributed by atoms with Crippen LogP contribution in [-0.4, -0.2) is 29.6 Å². The summed E-state index contributed by atoms with van der Waals surface area (Å²) in [6.45, 7) is -0.485. The topological polar surface area (TPSA) is 99.4 Å². The molecule has 1 aromatic carbocycles. The number of nitrogens with one attached hydrogen (secondary N) is 1. The molecule has 1 aromatic rings. The fraction of sp³-hybridized carbons (Fsp3) is 0.389. The van der Waals surface area contributed by atoms with Crippen LogP contribution in [0.5, 0.6) is 5.75 Å². The van der Waals surface area contributed by atoms with Crippen LogP contribution in [-0.2, 0) is 9.59 Å². The van der Waals surface area contributed by atoms with Crippen molar-refractivity contribution in [3.05, 3.63) is 35.4 Å². The third kappa shape index (κ3) is 5.13. The highest BCUT2D eigenvalue weighted by Crippen LogP contribution is 2.22. The second-order valence-corrected chi connectivity index (χ2v) is 5.70. The van der Waals surface area contributed by atoms with Crippen molar-refractivity contribution in [3.63, 3.8) is 0 Å². The molecular formula is C18H20N2O4. The first-order valence-electron chi connectivity index (χ1n) is 7.96. The van der Waals surface area contributed by atoms with Crippen LogP contribution in [0.15, 0.2) is 29.8 Å². The Bertz CT molecular complexity index is 670. The van der Waals surface area contributed by atoms with E-state index in [0.29, 0.717) is 11.3 Å². The number of para-hydroxylation sites is 1. The standard InChI is InChI=1S/C18H20N2O4/c19-11-14(18(23)20-15-7-2-1-3-8-15)10-13-6-4-5-9-16(13)24-12-17(21)22/h4-6,9-10,15H,1-3,7-8,12H2,(H,20,23)(H,21,22)/b14-10+. The van der Waals surface area contributed by atoms with Crippen LogP contribution < -0.4 is 10.1 Å². The normalized spacial score (nSPS) is 15.4. The SMILES string of the molecule is N#C/C(=C\c1ccccc1OCC(=O)O)C(=O)NC1CCCCC1. The van der Waals surface area contributed by atoms with Gasteiger partial charge in [-0.1, -0.05) is 37.5 Å². The Morgan fingerprint density at radius 1 is 1.29 bits per heavy atom. The first-order valence-corrected chi connectivity index (χ1v) is 7.96. The number of carbonyl (C=O) groups excluding carboxylic acids is 1. The zero-order valence-electron chi connectivity index (χ0n) is 13.3. The first-order chi connectivity index (χ1) is 11.6. The van der Waals surface area contributed by atoms with Gasteiger partial charge in [0, 0.05) is 11.6 Å². The number of carboxylic acid groups (broad SMARTS) is 1. The van der Waals surface area contributed by atoms with Gasteiger partial charge in [-0.3, -0.25) is 4.79 Å². The number of nitrogens with zero attached hydrogens (tertiary/aromatic N) is 1. The molecule has 0 aromatic heterocycles. The molecule has 1 fully saturated rings. The minimum Gasteiger partial charge on any atom is -0.481 e. The Hall–Kier alpha value is -2.81. The largest absolute Gasteiger partial charge is 0.481 e. The molecule has 1 amide bonds. The van der Waals surface area contributed by atoms with E-state index >= 15 is 0 Å². The summed E-state index contributed by atoms with van der Waals surface area (Å²) < 4.78 is 5.19. The summed E-state index contributed by atoms with van der Waals surface area (Å²) in [6, 6.07) is 8.72. The zero-order valence-corrected chi connectivity index (χ0v) is 13.3. The molecule has 0 unspecified atom stereocenters. The average Bonchev–Trinajstić information content (AvgIpc) is 2.59. The number of carboxylic acids is 1. The molecule has 0 aliphatic heterocycles. The number of carbonyl (C=O) groups is 2. The van der Waals surface area contributed by atoms with Crippen LogP contribution in [0, 0.1) is 11.3 Å². The molecule has 1 saturated carbocycles. The van der Waals surface area contributed by atoms with E-state index in [1.807, 2.05) is 6.07 Å². The molecule has 0 heterocycles. The molecule has 0 atom stereocenters. The fourth-order valence-electron chi connectivity index (χ4n) is 2.68.